The van der Waals surface area contributed by atoms with Crippen molar-refractivity contribution >= 4 is 47.4 Å². The van der Waals surface area contributed by atoms with Gasteiger partial charge in [-0.1, -0.05) is 47.5 Å². The summed E-state index contributed by atoms with van der Waals surface area (Å²) in [4.78, 5) is 24.3. The molecule has 2 amide bonds. The van der Waals surface area contributed by atoms with Crippen LogP contribution in [0.3, 0.4) is 0 Å². The van der Waals surface area contributed by atoms with E-state index in [1.165, 1.54) is 36.7 Å². The SMILES string of the molecule is O=C(N/N=C/c1cccc(Cl)c1)c1ccc(C(=O)N/N=C/c2cccc(Cl)c2)cc1. The van der Waals surface area contributed by atoms with Gasteiger partial charge >= 0.3 is 0 Å². The number of amides is 2. The van der Waals surface area contributed by atoms with Crippen molar-refractivity contribution < 1.29 is 9.59 Å². The molecule has 8 heteroatoms. The standard InChI is InChI=1S/C22H16Cl2N4O2/c23-19-5-1-3-15(11-19)13-25-27-21(29)17-7-9-18(10-8-17)22(30)28-26-14-16-4-2-6-20(24)12-16/h1-14H,(H,27,29)(H,28,30)/b25-13+,26-14+. The van der Waals surface area contributed by atoms with Crippen molar-refractivity contribution in [3.8, 4) is 0 Å². The molecule has 0 aliphatic carbocycles. The number of rotatable bonds is 6. The lowest BCUT2D eigenvalue weighted by Crippen LogP contribution is -2.19. The van der Waals surface area contributed by atoms with E-state index in [0.717, 1.165) is 11.1 Å². The Labute approximate surface area is 183 Å². The van der Waals surface area contributed by atoms with Gasteiger partial charge in [0.1, 0.15) is 0 Å². The quantitative estimate of drug-likeness (QED) is 0.437. The van der Waals surface area contributed by atoms with Gasteiger partial charge in [0.15, 0.2) is 0 Å². The maximum Gasteiger partial charge on any atom is 0.271 e. The molecule has 30 heavy (non-hydrogen) atoms. The summed E-state index contributed by atoms with van der Waals surface area (Å²) in [5, 5.41) is 8.96. The molecule has 0 atom stereocenters. The average Bonchev–Trinajstić information content (AvgIpc) is 2.74. The first-order valence-electron chi connectivity index (χ1n) is 8.79. The van der Waals surface area contributed by atoms with Gasteiger partial charge in [0, 0.05) is 21.2 Å². The Bertz CT molecular complexity index is 1020. The molecule has 0 bridgehead atoms. The van der Waals surface area contributed by atoms with Gasteiger partial charge in [0.25, 0.3) is 11.8 Å². The summed E-state index contributed by atoms with van der Waals surface area (Å²) in [5.41, 5.74) is 7.08. The third kappa shape index (κ3) is 6.27. The fourth-order valence-electron chi connectivity index (χ4n) is 2.41. The van der Waals surface area contributed by atoms with Crippen LogP contribution in [0.5, 0.6) is 0 Å². The molecule has 2 N–H and O–H groups in total. The number of hydrogen-bond donors (Lipinski definition) is 2. The van der Waals surface area contributed by atoms with Crippen molar-refractivity contribution in [3.05, 3.63) is 105 Å². The van der Waals surface area contributed by atoms with Gasteiger partial charge in [-0.3, -0.25) is 9.59 Å². The lowest BCUT2D eigenvalue weighted by atomic mass is 10.1. The zero-order chi connectivity index (χ0) is 21.3. The Hall–Kier alpha value is -3.48. The number of hydrazone groups is 2. The number of halogens is 2. The zero-order valence-corrected chi connectivity index (χ0v) is 17.1. The van der Waals surface area contributed by atoms with Gasteiger partial charge < -0.3 is 0 Å². The van der Waals surface area contributed by atoms with Gasteiger partial charge in [0.05, 0.1) is 12.4 Å². The summed E-state index contributed by atoms with van der Waals surface area (Å²) in [6.45, 7) is 0. The number of hydrogen-bond acceptors (Lipinski definition) is 4. The Balaban J connectivity index is 1.54. The molecule has 0 unspecified atom stereocenters. The summed E-state index contributed by atoms with van der Waals surface area (Å²) in [6, 6.07) is 20.2. The summed E-state index contributed by atoms with van der Waals surface area (Å²) in [6.07, 6.45) is 2.98. The number of nitrogens with zero attached hydrogens (tertiary/aromatic N) is 2. The van der Waals surface area contributed by atoms with Crippen molar-refractivity contribution in [1.82, 2.24) is 10.9 Å². The van der Waals surface area contributed by atoms with E-state index < -0.39 is 11.8 Å². The van der Waals surface area contributed by atoms with Crippen molar-refractivity contribution in [2.45, 2.75) is 0 Å². The highest BCUT2D eigenvalue weighted by atomic mass is 35.5. The van der Waals surface area contributed by atoms with Crippen molar-refractivity contribution in [3.63, 3.8) is 0 Å². The third-order valence-electron chi connectivity index (χ3n) is 3.87. The second-order valence-corrected chi connectivity index (χ2v) is 6.96. The van der Waals surface area contributed by atoms with Crippen molar-refractivity contribution in [2.24, 2.45) is 10.2 Å². The van der Waals surface area contributed by atoms with Gasteiger partial charge in [0.2, 0.25) is 0 Å². The van der Waals surface area contributed by atoms with Crippen LogP contribution in [-0.4, -0.2) is 24.2 Å². The maximum atomic E-state index is 12.2. The Morgan fingerprint density at radius 3 is 1.43 bits per heavy atom. The van der Waals surface area contributed by atoms with Gasteiger partial charge in [-0.05, 0) is 59.7 Å². The first-order chi connectivity index (χ1) is 14.5. The van der Waals surface area contributed by atoms with Crippen LogP contribution in [0.2, 0.25) is 10.0 Å². The van der Waals surface area contributed by atoms with Crippen LogP contribution in [0.1, 0.15) is 31.8 Å². The summed E-state index contributed by atoms with van der Waals surface area (Å²) >= 11 is 11.8. The molecule has 0 aliphatic heterocycles. The number of nitrogens with one attached hydrogen (secondary N) is 2. The summed E-state index contributed by atoms with van der Waals surface area (Å²) in [7, 11) is 0. The number of carbonyl (C=O) groups excluding carboxylic acids is 2. The highest BCUT2D eigenvalue weighted by Gasteiger charge is 2.08. The molecule has 0 spiro atoms. The van der Waals surface area contributed by atoms with E-state index in [1.54, 1.807) is 36.4 Å². The van der Waals surface area contributed by atoms with E-state index in [9.17, 15) is 9.59 Å². The largest absolute Gasteiger partial charge is 0.271 e. The molecular weight excluding hydrogens is 423 g/mol. The van der Waals surface area contributed by atoms with Crippen LogP contribution in [0.15, 0.2) is 83.0 Å². The van der Waals surface area contributed by atoms with Crippen LogP contribution in [0.25, 0.3) is 0 Å². The third-order valence-corrected chi connectivity index (χ3v) is 4.34. The topological polar surface area (TPSA) is 82.9 Å². The monoisotopic (exact) mass is 438 g/mol. The Morgan fingerprint density at radius 1 is 0.667 bits per heavy atom. The van der Waals surface area contributed by atoms with Crippen molar-refractivity contribution in [1.29, 1.82) is 0 Å². The molecule has 6 nitrogen and oxygen atoms in total. The molecule has 0 saturated carbocycles. The summed E-state index contributed by atoms with van der Waals surface area (Å²) in [5.74, 6) is -0.807. The maximum absolute atomic E-state index is 12.2. The first-order valence-corrected chi connectivity index (χ1v) is 9.55. The Morgan fingerprint density at radius 2 is 1.07 bits per heavy atom. The van der Waals surface area contributed by atoms with Crippen LogP contribution < -0.4 is 10.9 Å². The molecular formula is C22H16Cl2N4O2. The minimum absolute atomic E-state index is 0.359. The molecule has 0 aromatic heterocycles. The predicted octanol–water partition coefficient (Wildman–Crippen LogP) is 4.52. The van der Waals surface area contributed by atoms with E-state index in [0.29, 0.717) is 21.2 Å². The molecule has 150 valence electrons. The molecule has 0 heterocycles. The van der Waals surface area contributed by atoms with Crippen molar-refractivity contribution in [2.75, 3.05) is 0 Å². The molecule has 3 rings (SSSR count). The fourth-order valence-corrected chi connectivity index (χ4v) is 2.80. The van der Waals surface area contributed by atoms with E-state index in [4.69, 9.17) is 23.2 Å². The molecule has 3 aromatic rings. The molecule has 0 saturated heterocycles. The zero-order valence-electron chi connectivity index (χ0n) is 15.5. The van der Waals surface area contributed by atoms with E-state index in [-0.39, 0.29) is 0 Å². The summed E-state index contributed by atoms with van der Waals surface area (Å²) < 4.78 is 0. The normalized spacial score (nSPS) is 11.0. The average molecular weight is 439 g/mol. The fraction of sp³-hybridized carbons (Fsp3) is 0. The minimum atomic E-state index is -0.404. The number of carbonyl (C=O) groups is 2. The first kappa shape index (κ1) is 21.2. The molecule has 0 aliphatic rings. The molecule has 3 aromatic carbocycles. The van der Waals surface area contributed by atoms with Crippen LogP contribution >= 0.6 is 23.2 Å². The number of benzene rings is 3. The van der Waals surface area contributed by atoms with E-state index >= 15 is 0 Å². The van der Waals surface area contributed by atoms with E-state index in [1.807, 2.05) is 12.1 Å². The second-order valence-electron chi connectivity index (χ2n) is 6.09. The van der Waals surface area contributed by atoms with Crippen LogP contribution in [0.4, 0.5) is 0 Å². The van der Waals surface area contributed by atoms with Gasteiger partial charge in [-0.25, -0.2) is 10.9 Å². The smallest absolute Gasteiger partial charge is 0.267 e. The van der Waals surface area contributed by atoms with Crippen LogP contribution in [-0.2, 0) is 0 Å². The minimum Gasteiger partial charge on any atom is -0.267 e. The Kier molecular flexibility index (Phi) is 7.32. The van der Waals surface area contributed by atoms with Gasteiger partial charge in [-0.15, -0.1) is 0 Å². The van der Waals surface area contributed by atoms with E-state index in [2.05, 4.69) is 21.1 Å². The second kappa shape index (κ2) is 10.3. The highest BCUT2D eigenvalue weighted by molar-refractivity contribution is 6.31. The lowest BCUT2D eigenvalue weighted by Gasteiger charge is -2.03. The van der Waals surface area contributed by atoms with Crippen LogP contribution in [0, 0.1) is 0 Å². The predicted molar refractivity (Wildman–Crippen MR) is 119 cm³/mol. The molecule has 0 radical (unpaired) electrons. The lowest BCUT2D eigenvalue weighted by molar-refractivity contribution is 0.0943. The highest BCUT2D eigenvalue weighted by Crippen LogP contribution is 2.10. The van der Waals surface area contributed by atoms with Gasteiger partial charge in [-0.2, -0.15) is 10.2 Å². The molecule has 0 fully saturated rings.